The number of amides is 2. The standard InChI is InChI=1S/C23H21ClN2O3/c1-14-5-4-6-19(16(14)3)25-13-21(27)26(18-10-8-17(24)9-11-18)22(23(25)28)20-12-7-15(2)29-20/h4-12,22H,13H2,1-3H3/t22-/m0/s1. The molecule has 1 saturated heterocycles. The number of rotatable bonds is 3. The van der Waals surface area contributed by atoms with E-state index in [1.807, 2.05) is 39.0 Å². The summed E-state index contributed by atoms with van der Waals surface area (Å²) in [6, 6.07) is 15.3. The Balaban J connectivity index is 1.83. The van der Waals surface area contributed by atoms with Gasteiger partial charge in [-0.25, -0.2) is 0 Å². The molecule has 2 aromatic carbocycles. The Kier molecular flexibility index (Phi) is 4.92. The summed E-state index contributed by atoms with van der Waals surface area (Å²) in [7, 11) is 0. The molecule has 29 heavy (non-hydrogen) atoms. The van der Waals surface area contributed by atoms with Crippen LogP contribution in [0.25, 0.3) is 0 Å². The van der Waals surface area contributed by atoms with Crippen LogP contribution in [-0.4, -0.2) is 18.4 Å². The van der Waals surface area contributed by atoms with Gasteiger partial charge < -0.3 is 9.32 Å². The number of benzene rings is 2. The maximum absolute atomic E-state index is 13.6. The molecule has 1 fully saturated rings. The van der Waals surface area contributed by atoms with Crippen molar-refractivity contribution < 1.29 is 14.0 Å². The van der Waals surface area contributed by atoms with E-state index in [1.165, 1.54) is 4.90 Å². The van der Waals surface area contributed by atoms with Crippen LogP contribution in [0.1, 0.15) is 28.7 Å². The van der Waals surface area contributed by atoms with Crippen molar-refractivity contribution in [3.63, 3.8) is 0 Å². The largest absolute Gasteiger partial charge is 0.464 e. The molecule has 0 spiro atoms. The molecular weight excluding hydrogens is 388 g/mol. The number of hydrogen-bond acceptors (Lipinski definition) is 3. The van der Waals surface area contributed by atoms with E-state index in [4.69, 9.17) is 16.0 Å². The van der Waals surface area contributed by atoms with E-state index < -0.39 is 6.04 Å². The van der Waals surface area contributed by atoms with Crippen LogP contribution in [0.3, 0.4) is 0 Å². The molecule has 6 heteroatoms. The summed E-state index contributed by atoms with van der Waals surface area (Å²) in [6.45, 7) is 5.72. The Hall–Kier alpha value is -3.05. The van der Waals surface area contributed by atoms with E-state index in [1.54, 1.807) is 41.3 Å². The minimum atomic E-state index is -0.883. The van der Waals surface area contributed by atoms with Gasteiger partial charge in [-0.05, 0) is 74.4 Å². The second-order valence-corrected chi connectivity index (χ2v) is 7.67. The maximum atomic E-state index is 13.6. The molecule has 0 aliphatic carbocycles. The van der Waals surface area contributed by atoms with Crippen LogP contribution in [0.2, 0.25) is 5.02 Å². The highest BCUT2D eigenvalue weighted by atomic mass is 35.5. The zero-order chi connectivity index (χ0) is 20.7. The predicted molar refractivity (Wildman–Crippen MR) is 113 cm³/mol. The zero-order valence-electron chi connectivity index (χ0n) is 16.5. The molecular formula is C23H21ClN2O3. The van der Waals surface area contributed by atoms with Gasteiger partial charge in [0, 0.05) is 16.4 Å². The number of halogens is 1. The highest BCUT2D eigenvalue weighted by molar-refractivity contribution is 6.30. The van der Waals surface area contributed by atoms with E-state index in [9.17, 15) is 9.59 Å². The van der Waals surface area contributed by atoms with Crippen LogP contribution in [0.5, 0.6) is 0 Å². The number of piperazine rings is 1. The van der Waals surface area contributed by atoms with Crippen LogP contribution in [0, 0.1) is 20.8 Å². The van der Waals surface area contributed by atoms with Crippen molar-refractivity contribution in [2.75, 3.05) is 16.3 Å². The fraction of sp³-hybridized carbons (Fsp3) is 0.217. The minimum Gasteiger partial charge on any atom is -0.464 e. The van der Waals surface area contributed by atoms with E-state index in [-0.39, 0.29) is 18.4 Å². The van der Waals surface area contributed by atoms with Gasteiger partial charge in [0.1, 0.15) is 18.1 Å². The first-order valence-corrected chi connectivity index (χ1v) is 9.76. The van der Waals surface area contributed by atoms with Gasteiger partial charge in [-0.2, -0.15) is 0 Å². The Morgan fingerprint density at radius 3 is 2.34 bits per heavy atom. The fourth-order valence-electron chi connectivity index (χ4n) is 3.67. The van der Waals surface area contributed by atoms with Crippen molar-refractivity contribution in [3.8, 4) is 0 Å². The SMILES string of the molecule is Cc1ccc([C@H]2C(=O)N(c3cccc(C)c3C)CC(=O)N2c2ccc(Cl)cc2)o1. The normalized spacial score (nSPS) is 17.2. The van der Waals surface area contributed by atoms with Crippen molar-refractivity contribution in [2.45, 2.75) is 26.8 Å². The van der Waals surface area contributed by atoms with Crippen LogP contribution in [0.15, 0.2) is 59.0 Å². The van der Waals surface area contributed by atoms with Crippen molar-refractivity contribution in [2.24, 2.45) is 0 Å². The third-order valence-corrected chi connectivity index (χ3v) is 5.57. The number of carbonyl (C=O) groups excluding carboxylic acids is 2. The Morgan fingerprint density at radius 2 is 1.69 bits per heavy atom. The van der Waals surface area contributed by atoms with Crippen LogP contribution in [-0.2, 0) is 9.59 Å². The highest BCUT2D eigenvalue weighted by Gasteiger charge is 2.43. The van der Waals surface area contributed by atoms with Gasteiger partial charge in [0.2, 0.25) is 5.91 Å². The summed E-state index contributed by atoms with van der Waals surface area (Å²) in [5.41, 5.74) is 3.39. The van der Waals surface area contributed by atoms with Gasteiger partial charge in [0.15, 0.2) is 6.04 Å². The molecule has 2 amide bonds. The topological polar surface area (TPSA) is 53.8 Å². The van der Waals surface area contributed by atoms with E-state index >= 15 is 0 Å². The monoisotopic (exact) mass is 408 g/mol. The van der Waals surface area contributed by atoms with Crippen LogP contribution >= 0.6 is 11.6 Å². The molecule has 0 radical (unpaired) electrons. The number of nitrogens with zero attached hydrogens (tertiary/aromatic N) is 2. The van der Waals surface area contributed by atoms with Gasteiger partial charge in [-0.3, -0.25) is 14.5 Å². The fourth-order valence-corrected chi connectivity index (χ4v) is 3.79. The summed E-state index contributed by atoms with van der Waals surface area (Å²) < 4.78 is 5.79. The molecule has 0 unspecified atom stereocenters. The maximum Gasteiger partial charge on any atom is 0.258 e. The Labute approximate surface area is 174 Å². The molecule has 0 N–H and O–H groups in total. The van der Waals surface area contributed by atoms with Crippen molar-refractivity contribution in [3.05, 3.63) is 82.3 Å². The molecule has 5 nitrogen and oxygen atoms in total. The number of furan rings is 1. The molecule has 148 valence electrons. The summed E-state index contributed by atoms with van der Waals surface area (Å²) in [5, 5.41) is 0.562. The molecule has 1 aromatic heterocycles. The highest BCUT2D eigenvalue weighted by Crippen LogP contribution is 2.36. The van der Waals surface area contributed by atoms with Crippen molar-refractivity contribution in [1.29, 1.82) is 0 Å². The molecule has 1 aliphatic heterocycles. The first-order chi connectivity index (χ1) is 13.9. The Bertz CT molecular complexity index is 1090. The lowest BCUT2D eigenvalue weighted by Crippen LogP contribution is -2.56. The molecule has 2 heterocycles. The van der Waals surface area contributed by atoms with E-state index in [0.29, 0.717) is 22.2 Å². The van der Waals surface area contributed by atoms with Gasteiger partial charge in [0.05, 0.1) is 0 Å². The number of carbonyl (C=O) groups is 2. The smallest absolute Gasteiger partial charge is 0.258 e. The minimum absolute atomic E-state index is 0.0397. The van der Waals surface area contributed by atoms with Gasteiger partial charge >= 0.3 is 0 Å². The van der Waals surface area contributed by atoms with Crippen molar-refractivity contribution >= 4 is 34.8 Å². The third kappa shape index (κ3) is 3.42. The lowest BCUT2D eigenvalue weighted by molar-refractivity contribution is -0.129. The lowest BCUT2D eigenvalue weighted by Gasteiger charge is -2.40. The zero-order valence-corrected chi connectivity index (χ0v) is 17.2. The number of anilines is 2. The second-order valence-electron chi connectivity index (χ2n) is 7.23. The van der Waals surface area contributed by atoms with Crippen LogP contribution in [0.4, 0.5) is 11.4 Å². The first-order valence-electron chi connectivity index (χ1n) is 9.38. The molecule has 0 bridgehead atoms. The number of hydrogen-bond donors (Lipinski definition) is 0. The number of aryl methyl sites for hydroxylation is 2. The molecule has 1 atom stereocenters. The Morgan fingerprint density at radius 1 is 0.966 bits per heavy atom. The van der Waals surface area contributed by atoms with Gasteiger partial charge in [-0.1, -0.05) is 23.7 Å². The summed E-state index contributed by atoms with van der Waals surface area (Å²) >= 11 is 6.01. The van der Waals surface area contributed by atoms with Gasteiger partial charge in [-0.15, -0.1) is 0 Å². The second kappa shape index (κ2) is 7.41. The summed E-state index contributed by atoms with van der Waals surface area (Å²) in [5.74, 6) is 0.723. The first kappa shape index (κ1) is 19.3. The third-order valence-electron chi connectivity index (χ3n) is 5.32. The quantitative estimate of drug-likeness (QED) is 0.614. The summed E-state index contributed by atoms with van der Waals surface area (Å²) in [4.78, 5) is 29.9. The van der Waals surface area contributed by atoms with Crippen LogP contribution < -0.4 is 9.80 Å². The molecule has 1 aliphatic rings. The molecule has 3 aromatic rings. The lowest BCUT2D eigenvalue weighted by atomic mass is 10.0. The predicted octanol–water partition coefficient (Wildman–Crippen LogP) is 4.98. The molecule has 0 saturated carbocycles. The average molecular weight is 409 g/mol. The van der Waals surface area contributed by atoms with Crippen molar-refractivity contribution in [1.82, 2.24) is 0 Å². The summed E-state index contributed by atoms with van der Waals surface area (Å²) in [6.07, 6.45) is 0. The van der Waals surface area contributed by atoms with E-state index in [2.05, 4.69) is 0 Å². The molecule has 4 rings (SSSR count). The van der Waals surface area contributed by atoms with Gasteiger partial charge in [0.25, 0.3) is 5.91 Å². The average Bonchev–Trinajstić information content (AvgIpc) is 3.12. The van der Waals surface area contributed by atoms with E-state index in [0.717, 1.165) is 16.8 Å².